The fourth-order valence-corrected chi connectivity index (χ4v) is 2.71. The molecule has 1 atom stereocenters. The Balaban J connectivity index is 0.00000132. The van der Waals surface area contributed by atoms with Crippen LogP contribution < -0.4 is 10.6 Å². The topological polar surface area (TPSA) is 71.8 Å². The number of carbonyl (C=O) groups is 1. The summed E-state index contributed by atoms with van der Waals surface area (Å²) in [6.07, 6.45) is 7.90. The Morgan fingerprint density at radius 2 is 2.26 bits per heavy atom. The fraction of sp³-hybridized carbons (Fsp3) is 0.400. The highest BCUT2D eigenvalue weighted by Crippen LogP contribution is 2.24. The molecule has 0 aromatic carbocycles. The number of amides is 1. The predicted molar refractivity (Wildman–Crippen MR) is 94.7 cm³/mol. The van der Waals surface area contributed by atoms with Gasteiger partial charge in [0, 0.05) is 12.4 Å². The van der Waals surface area contributed by atoms with E-state index >= 15 is 0 Å². The van der Waals surface area contributed by atoms with Crippen molar-refractivity contribution in [2.45, 2.75) is 31.7 Å². The zero-order valence-electron chi connectivity index (χ0n) is 12.9. The molecule has 3 heterocycles. The molecule has 0 spiro atoms. The lowest BCUT2D eigenvalue weighted by Gasteiger charge is -2.26. The molecule has 1 aliphatic rings. The molecule has 23 heavy (non-hydrogen) atoms. The Morgan fingerprint density at radius 3 is 2.78 bits per heavy atom. The molecule has 2 aromatic rings. The molecule has 6 nitrogen and oxygen atoms in total. The second kappa shape index (κ2) is 8.29. The molecule has 3 rings (SSSR count). The fourth-order valence-electron chi connectivity index (χ4n) is 2.71. The average Bonchev–Trinajstić information content (AvgIpc) is 3.20. The Morgan fingerprint density at radius 1 is 1.43 bits per heavy atom. The van der Waals surface area contributed by atoms with Crippen LogP contribution in [-0.4, -0.2) is 32.8 Å². The van der Waals surface area contributed by atoms with Gasteiger partial charge in [0.2, 0.25) is 5.91 Å². The highest BCUT2D eigenvalue weighted by atomic mass is 35.5. The Labute approximate surface area is 147 Å². The first kappa shape index (κ1) is 19.4. The van der Waals surface area contributed by atoms with Gasteiger partial charge in [0.1, 0.15) is 0 Å². The minimum atomic E-state index is -0.430. The van der Waals surface area contributed by atoms with Gasteiger partial charge in [-0.3, -0.25) is 4.79 Å². The van der Waals surface area contributed by atoms with Crippen molar-refractivity contribution in [2.24, 2.45) is 0 Å². The number of rotatable bonds is 4. The van der Waals surface area contributed by atoms with Gasteiger partial charge in [0.15, 0.2) is 5.82 Å². The van der Waals surface area contributed by atoms with Crippen LogP contribution in [0, 0.1) is 0 Å². The van der Waals surface area contributed by atoms with E-state index < -0.39 is 5.54 Å². The maximum Gasteiger partial charge on any atom is 0.244 e. The Kier molecular flexibility index (Phi) is 7.00. The SMILES string of the molecule is CCC1(C(=O)Nc2ccc(-n3cccn3)nc2)CCCN1.Cl.Cl. The number of anilines is 1. The van der Waals surface area contributed by atoms with E-state index in [-0.39, 0.29) is 30.7 Å². The summed E-state index contributed by atoms with van der Waals surface area (Å²) in [5, 5.41) is 10.4. The molecule has 126 valence electrons. The van der Waals surface area contributed by atoms with Crippen molar-refractivity contribution < 1.29 is 4.79 Å². The van der Waals surface area contributed by atoms with Gasteiger partial charge in [-0.05, 0) is 44.0 Å². The average molecular weight is 358 g/mol. The first-order valence-electron chi connectivity index (χ1n) is 7.26. The van der Waals surface area contributed by atoms with Crippen LogP contribution in [0.25, 0.3) is 5.82 Å². The van der Waals surface area contributed by atoms with Crippen LogP contribution in [-0.2, 0) is 4.79 Å². The molecule has 8 heteroatoms. The van der Waals surface area contributed by atoms with Crippen molar-refractivity contribution in [2.75, 3.05) is 11.9 Å². The van der Waals surface area contributed by atoms with E-state index in [1.54, 1.807) is 17.1 Å². The first-order valence-corrected chi connectivity index (χ1v) is 7.26. The molecule has 0 saturated carbocycles. The summed E-state index contributed by atoms with van der Waals surface area (Å²) in [5.41, 5.74) is 0.276. The van der Waals surface area contributed by atoms with Crippen molar-refractivity contribution in [3.8, 4) is 5.82 Å². The van der Waals surface area contributed by atoms with E-state index in [4.69, 9.17) is 0 Å². The van der Waals surface area contributed by atoms with Crippen molar-refractivity contribution in [3.05, 3.63) is 36.8 Å². The van der Waals surface area contributed by atoms with Crippen LogP contribution in [0.5, 0.6) is 0 Å². The zero-order valence-corrected chi connectivity index (χ0v) is 14.5. The second-order valence-corrected chi connectivity index (χ2v) is 5.28. The summed E-state index contributed by atoms with van der Waals surface area (Å²) >= 11 is 0. The number of hydrogen-bond donors (Lipinski definition) is 2. The second-order valence-electron chi connectivity index (χ2n) is 5.28. The molecule has 1 fully saturated rings. The number of nitrogens with one attached hydrogen (secondary N) is 2. The summed E-state index contributed by atoms with van der Waals surface area (Å²) in [6, 6.07) is 5.53. The normalized spacial score (nSPS) is 19.5. The third kappa shape index (κ3) is 4.02. The number of nitrogens with zero attached hydrogens (tertiary/aromatic N) is 3. The maximum atomic E-state index is 12.5. The van der Waals surface area contributed by atoms with Gasteiger partial charge in [-0.1, -0.05) is 6.92 Å². The minimum absolute atomic E-state index is 0. The minimum Gasteiger partial charge on any atom is -0.323 e. The summed E-state index contributed by atoms with van der Waals surface area (Å²) in [6.45, 7) is 2.94. The Hall–Kier alpha value is -1.63. The zero-order chi connectivity index (χ0) is 14.7. The number of pyridine rings is 1. The summed E-state index contributed by atoms with van der Waals surface area (Å²) in [7, 11) is 0. The van der Waals surface area contributed by atoms with Crippen LogP contribution in [0.3, 0.4) is 0 Å². The number of aromatic nitrogens is 3. The van der Waals surface area contributed by atoms with Crippen LogP contribution in [0.15, 0.2) is 36.8 Å². The highest BCUT2D eigenvalue weighted by Gasteiger charge is 2.39. The van der Waals surface area contributed by atoms with Crippen LogP contribution in [0.1, 0.15) is 26.2 Å². The molecule has 1 unspecified atom stereocenters. The Bertz CT molecular complexity index is 609. The van der Waals surface area contributed by atoms with E-state index in [0.717, 1.165) is 31.6 Å². The van der Waals surface area contributed by atoms with E-state index in [1.165, 1.54) is 0 Å². The number of hydrogen-bond acceptors (Lipinski definition) is 4. The van der Waals surface area contributed by atoms with Crippen LogP contribution in [0.2, 0.25) is 0 Å². The molecule has 1 saturated heterocycles. The number of halogens is 2. The smallest absolute Gasteiger partial charge is 0.244 e. The lowest BCUT2D eigenvalue weighted by Crippen LogP contribution is -2.50. The van der Waals surface area contributed by atoms with Gasteiger partial charge in [0.25, 0.3) is 0 Å². The van der Waals surface area contributed by atoms with Gasteiger partial charge >= 0.3 is 0 Å². The monoisotopic (exact) mass is 357 g/mol. The molecule has 2 aromatic heterocycles. The van der Waals surface area contributed by atoms with Crippen molar-refractivity contribution in [3.63, 3.8) is 0 Å². The van der Waals surface area contributed by atoms with Gasteiger partial charge < -0.3 is 10.6 Å². The van der Waals surface area contributed by atoms with Crippen molar-refractivity contribution >= 4 is 36.4 Å². The van der Waals surface area contributed by atoms with Gasteiger partial charge in [-0.15, -0.1) is 24.8 Å². The highest BCUT2D eigenvalue weighted by molar-refractivity contribution is 5.98. The third-order valence-electron chi connectivity index (χ3n) is 4.03. The first-order chi connectivity index (χ1) is 10.2. The predicted octanol–water partition coefficient (Wildman–Crippen LogP) is 2.58. The molecule has 0 bridgehead atoms. The van der Waals surface area contributed by atoms with Crippen molar-refractivity contribution in [1.29, 1.82) is 0 Å². The molecule has 2 N–H and O–H groups in total. The lowest BCUT2D eigenvalue weighted by atomic mass is 9.93. The van der Waals surface area contributed by atoms with E-state index in [0.29, 0.717) is 5.69 Å². The largest absolute Gasteiger partial charge is 0.323 e. The molecule has 0 aliphatic carbocycles. The quantitative estimate of drug-likeness (QED) is 0.881. The standard InChI is InChI=1S/C15H19N5O.2ClH/c1-2-15(7-3-8-17-15)14(21)19-12-5-6-13(16-11-12)20-10-4-9-18-20;;/h4-6,9-11,17H,2-3,7-8H2,1H3,(H,19,21);2*1H. The molecule has 0 radical (unpaired) electrons. The molecular weight excluding hydrogens is 337 g/mol. The number of carbonyl (C=O) groups excluding carboxylic acids is 1. The van der Waals surface area contributed by atoms with Crippen LogP contribution in [0.4, 0.5) is 5.69 Å². The van der Waals surface area contributed by atoms with Crippen molar-refractivity contribution in [1.82, 2.24) is 20.1 Å². The summed E-state index contributed by atoms with van der Waals surface area (Å²) in [5.74, 6) is 0.748. The molecule has 1 amide bonds. The van der Waals surface area contributed by atoms with Gasteiger partial charge in [-0.2, -0.15) is 5.10 Å². The van der Waals surface area contributed by atoms with Gasteiger partial charge in [0.05, 0.1) is 17.4 Å². The third-order valence-corrected chi connectivity index (χ3v) is 4.03. The molecule has 1 aliphatic heterocycles. The van der Waals surface area contributed by atoms with Gasteiger partial charge in [-0.25, -0.2) is 9.67 Å². The molecular formula is C15H21Cl2N5O. The summed E-state index contributed by atoms with van der Waals surface area (Å²) < 4.78 is 1.68. The lowest BCUT2D eigenvalue weighted by molar-refractivity contribution is -0.122. The van der Waals surface area contributed by atoms with E-state index in [1.807, 2.05) is 31.3 Å². The van der Waals surface area contributed by atoms with E-state index in [2.05, 4.69) is 20.7 Å². The maximum absolute atomic E-state index is 12.5. The van der Waals surface area contributed by atoms with E-state index in [9.17, 15) is 4.79 Å². The van der Waals surface area contributed by atoms with Crippen LogP contribution >= 0.6 is 24.8 Å². The summed E-state index contributed by atoms with van der Waals surface area (Å²) in [4.78, 5) is 16.8.